The molecular formula is C9H8ClF3N2. The molecule has 2 nitrogen and oxygen atoms in total. The minimum atomic E-state index is -4.44. The van der Waals surface area contributed by atoms with E-state index >= 15 is 0 Å². The molecule has 0 aliphatic heterocycles. The fraction of sp³-hybridized carbons (Fsp3) is 0.556. The normalized spacial score (nSPS) is 16.8. The van der Waals surface area contributed by atoms with Crippen molar-refractivity contribution < 1.29 is 13.2 Å². The van der Waals surface area contributed by atoms with Gasteiger partial charge in [-0.2, -0.15) is 13.2 Å². The monoisotopic (exact) mass is 236 g/mol. The quantitative estimate of drug-likeness (QED) is 0.789. The van der Waals surface area contributed by atoms with Crippen LogP contribution in [0, 0.1) is 5.92 Å². The van der Waals surface area contributed by atoms with Crippen molar-refractivity contribution in [1.82, 2.24) is 9.97 Å². The fourth-order valence-electron chi connectivity index (χ4n) is 1.38. The van der Waals surface area contributed by atoms with Crippen LogP contribution in [-0.4, -0.2) is 9.97 Å². The molecule has 1 aliphatic rings. The third-order valence-corrected chi connectivity index (χ3v) is 2.44. The summed E-state index contributed by atoms with van der Waals surface area (Å²) in [4.78, 5) is 7.01. The van der Waals surface area contributed by atoms with Gasteiger partial charge in [-0.15, -0.1) is 0 Å². The number of hydrogen-bond acceptors (Lipinski definition) is 2. The van der Waals surface area contributed by atoms with Crippen LogP contribution in [0.25, 0.3) is 0 Å². The van der Waals surface area contributed by atoms with Gasteiger partial charge in [0.05, 0.1) is 11.9 Å². The van der Waals surface area contributed by atoms with Crippen LogP contribution in [-0.2, 0) is 12.6 Å². The van der Waals surface area contributed by atoms with Gasteiger partial charge in [-0.1, -0.05) is 11.6 Å². The maximum atomic E-state index is 12.5. The average molecular weight is 237 g/mol. The second-order valence-electron chi connectivity index (χ2n) is 3.63. The van der Waals surface area contributed by atoms with Crippen LogP contribution in [0.3, 0.4) is 0 Å². The molecule has 0 aromatic carbocycles. The van der Waals surface area contributed by atoms with Crippen molar-refractivity contribution in [2.24, 2.45) is 5.92 Å². The molecule has 1 saturated carbocycles. The van der Waals surface area contributed by atoms with Crippen molar-refractivity contribution in [3.8, 4) is 0 Å². The van der Waals surface area contributed by atoms with Crippen LogP contribution in [0.1, 0.15) is 24.2 Å². The molecule has 15 heavy (non-hydrogen) atoms. The van der Waals surface area contributed by atoms with E-state index in [2.05, 4.69) is 9.97 Å². The first kappa shape index (κ1) is 10.7. The zero-order valence-corrected chi connectivity index (χ0v) is 8.44. The Bertz CT molecular complexity index is 374. The van der Waals surface area contributed by atoms with Gasteiger partial charge in [0.1, 0.15) is 5.15 Å². The summed E-state index contributed by atoms with van der Waals surface area (Å²) in [7, 11) is 0. The number of nitrogens with zero attached hydrogens (tertiary/aromatic N) is 2. The van der Waals surface area contributed by atoms with Crippen LogP contribution in [0.15, 0.2) is 6.20 Å². The lowest BCUT2D eigenvalue weighted by Crippen LogP contribution is -2.14. The van der Waals surface area contributed by atoms with E-state index in [4.69, 9.17) is 11.6 Å². The van der Waals surface area contributed by atoms with E-state index in [1.807, 2.05) is 0 Å². The summed E-state index contributed by atoms with van der Waals surface area (Å²) in [5, 5.41) is 0.0126. The van der Waals surface area contributed by atoms with Crippen LogP contribution in [0.5, 0.6) is 0 Å². The summed E-state index contributed by atoms with van der Waals surface area (Å²) < 4.78 is 37.5. The van der Waals surface area contributed by atoms with Crippen molar-refractivity contribution in [3.63, 3.8) is 0 Å². The number of halogens is 4. The van der Waals surface area contributed by atoms with Gasteiger partial charge in [0.2, 0.25) is 0 Å². The van der Waals surface area contributed by atoms with Gasteiger partial charge in [0.25, 0.3) is 0 Å². The van der Waals surface area contributed by atoms with Crippen LogP contribution >= 0.6 is 11.6 Å². The Balaban J connectivity index is 2.34. The summed E-state index contributed by atoms with van der Waals surface area (Å²) in [5.74, 6) is 0.318. The molecule has 0 atom stereocenters. The smallest absolute Gasteiger partial charge is 0.247 e. The van der Waals surface area contributed by atoms with Crippen molar-refractivity contribution >= 4 is 11.6 Å². The lowest BCUT2D eigenvalue weighted by atomic mass is 10.1. The van der Waals surface area contributed by atoms with E-state index in [0.29, 0.717) is 12.3 Å². The van der Waals surface area contributed by atoms with Crippen LogP contribution in [0.4, 0.5) is 13.2 Å². The molecule has 2 rings (SSSR count). The molecule has 1 heterocycles. The van der Waals surface area contributed by atoms with Crippen molar-refractivity contribution in [3.05, 3.63) is 22.7 Å². The van der Waals surface area contributed by atoms with E-state index < -0.39 is 11.9 Å². The topological polar surface area (TPSA) is 25.8 Å². The highest BCUT2D eigenvalue weighted by atomic mass is 35.5. The Morgan fingerprint density at radius 1 is 1.40 bits per heavy atom. The lowest BCUT2D eigenvalue weighted by Gasteiger charge is -2.10. The maximum absolute atomic E-state index is 12.5. The zero-order valence-electron chi connectivity index (χ0n) is 7.68. The van der Waals surface area contributed by atoms with Gasteiger partial charge in [-0.3, -0.25) is 0 Å². The molecule has 0 amide bonds. The maximum Gasteiger partial charge on any atom is 0.435 e. The first-order valence-corrected chi connectivity index (χ1v) is 4.93. The second-order valence-corrected chi connectivity index (χ2v) is 4.02. The molecule has 6 heteroatoms. The predicted molar refractivity (Wildman–Crippen MR) is 48.5 cm³/mol. The molecule has 0 radical (unpaired) electrons. The number of rotatable bonds is 2. The molecule has 0 unspecified atom stereocenters. The van der Waals surface area contributed by atoms with Gasteiger partial charge >= 0.3 is 6.18 Å². The van der Waals surface area contributed by atoms with Crippen molar-refractivity contribution in [1.29, 1.82) is 0 Å². The Morgan fingerprint density at radius 3 is 2.60 bits per heavy atom. The molecule has 0 saturated heterocycles. The van der Waals surface area contributed by atoms with E-state index in [0.717, 1.165) is 19.0 Å². The summed E-state index contributed by atoms with van der Waals surface area (Å²) in [5.41, 5.74) is -0.934. The van der Waals surface area contributed by atoms with Crippen LogP contribution < -0.4 is 0 Å². The van der Waals surface area contributed by atoms with E-state index in [-0.39, 0.29) is 10.8 Å². The lowest BCUT2D eigenvalue weighted by molar-refractivity contribution is -0.142. The molecule has 0 N–H and O–H groups in total. The summed E-state index contributed by atoms with van der Waals surface area (Å²) in [6, 6.07) is 0. The average Bonchev–Trinajstić information content (AvgIpc) is 2.85. The highest BCUT2D eigenvalue weighted by Gasteiger charge is 2.37. The third kappa shape index (κ3) is 2.59. The minimum Gasteiger partial charge on any atom is -0.247 e. The fourth-order valence-corrected chi connectivity index (χ4v) is 1.53. The number of hydrogen-bond donors (Lipinski definition) is 0. The van der Waals surface area contributed by atoms with E-state index in [1.165, 1.54) is 0 Å². The van der Waals surface area contributed by atoms with Crippen molar-refractivity contribution in [2.75, 3.05) is 0 Å². The molecule has 1 aromatic rings. The largest absolute Gasteiger partial charge is 0.435 e. The van der Waals surface area contributed by atoms with Crippen LogP contribution in [0.2, 0.25) is 5.15 Å². The van der Waals surface area contributed by atoms with Gasteiger partial charge in [-0.05, 0) is 25.2 Å². The third-order valence-electron chi connectivity index (χ3n) is 2.26. The highest BCUT2D eigenvalue weighted by molar-refractivity contribution is 6.29. The molecule has 0 spiro atoms. The minimum absolute atomic E-state index is 0.0126. The Kier molecular flexibility index (Phi) is 2.58. The summed E-state index contributed by atoms with van der Waals surface area (Å²) in [6.07, 6.45) is -1.26. The van der Waals surface area contributed by atoms with Crippen molar-refractivity contribution in [2.45, 2.75) is 25.4 Å². The molecular weight excluding hydrogens is 229 g/mol. The first-order valence-electron chi connectivity index (χ1n) is 4.55. The summed E-state index contributed by atoms with van der Waals surface area (Å²) in [6.45, 7) is 0. The Morgan fingerprint density at radius 2 is 2.07 bits per heavy atom. The van der Waals surface area contributed by atoms with E-state index in [9.17, 15) is 13.2 Å². The molecule has 82 valence electrons. The molecule has 0 bridgehead atoms. The summed E-state index contributed by atoms with van der Waals surface area (Å²) >= 11 is 5.53. The molecule has 1 fully saturated rings. The number of aromatic nitrogens is 2. The zero-order chi connectivity index (χ0) is 11.1. The molecule has 1 aliphatic carbocycles. The van der Waals surface area contributed by atoms with E-state index in [1.54, 1.807) is 0 Å². The van der Waals surface area contributed by atoms with Gasteiger partial charge in [0, 0.05) is 0 Å². The number of alkyl halides is 3. The predicted octanol–water partition coefficient (Wildman–Crippen LogP) is 3.10. The SMILES string of the molecule is FC(F)(F)c1ncc(Cl)nc1CC1CC1. The Labute approximate surface area is 89.5 Å². The second kappa shape index (κ2) is 3.63. The first-order chi connectivity index (χ1) is 6.97. The van der Waals surface area contributed by atoms with Gasteiger partial charge < -0.3 is 0 Å². The standard InChI is InChI=1S/C9H8ClF3N2/c10-7-4-14-8(9(11,12)13)6(15-7)3-5-1-2-5/h4-5H,1-3H2. The Hall–Kier alpha value is -0.840. The van der Waals surface area contributed by atoms with Gasteiger partial charge in [-0.25, -0.2) is 9.97 Å². The highest BCUT2D eigenvalue weighted by Crippen LogP contribution is 2.36. The van der Waals surface area contributed by atoms with Gasteiger partial charge in [0.15, 0.2) is 5.69 Å². The molecule has 1 aromatic heterocycles.